The normalized spacial score (nSPS) is 15.7. The Bertz CT molecular complexity index is 1040. The number of rotatable bonds is 6. The second-order valence-electron chi connectivity index (χ2n) is 7.98. The van der Waals surface area contributed by atoms with Gasteiger partial charge < -0.3 is 15.0 Å². The van der Waals surface area contributed by atoms with Crippen molar-refractivity contribution in [2.75, 3.05) is 44.2 Å². The Kier molecular flexibility index (Phi) is 5.58. The quantitative estimate of drug-likeness (QED) is 0.604. The number of hydrogen-bond acceptors (Lipinski definition) is 5. The molecule has 0 aliphatic carbocycles. The lowest BCUT2D eigenvalue weighted by Gasteiger charge is -2.36. The fourth-order valence-electron chi connectivity index (χ4n) is 4.32. The van der Waals surface area contributed by atoms with Crippen molar-refractivity contribution >= 4 is 11.6 Å². The van der Waals surface area contributed by atoms with Crippen LogP contribution in [0.1, 0.15) is 22.5 Å². The minimum Gasteiger partial charge on any atom is -0.488 e. The van der Waals surface area contributed by atoms with Gasteiger partial charge in [-0.05, 0) is 37.2 Å². The highest BCUT2D eigenvalue weighted by molar-refractivity contribution is 5.96. The Labute approximate surface area is 182 Å². The molecule has 3 aromatic rings. The van der Waals surface area contributed by atoms with Crippen LogP contribution >= 0.6 is 0 Å². The Balaban J connectivity index is 1.09. The number of carbonyl (C=O) groups is 1. The van der Waals surface area contributed by atoms with Crippen molar-refractivity contribution in [1.29, 1.82) is 0 Å². The molecular formula is C24H27N5O2. The van der Waals surface area contributed by atoms with Crippen LogP contribution in [0.25, 0.3) is 11.3 Å². The Morgan fingerprint density at radius 1 is 1.03 bits per heavy atom. The zero-order valence-corrected chi connectivity index (χ0v) is 17.5. The lowest BCUT2D eigenvalue weighted by atomic mass is 10.0. The summed E-state index contributed by atoms with van der Waals surface area (Å²) in [6, 6.07) is 18.3. The lowest BCUT2D eigenvalue weighted by molar-refractivity contribution is 0.0944. The molecule has 1 saturated heterocycles. The molecule has 5 rings (SSSR count). The van der Waals surface area contributed by atoms with Crippen molar-refractivity contribution in [1.82, 2.24) is 20.4 Å². The van der Waals surface area contributed by atoms with Gasteiger partial charge in [-0.25, -0.2) is 0 Å². The molecule has 1 amide bonds. The van der Waals surface area contributed by atoms with Crippen LogP contribution in [0.4, 0.5) is 5.69 Å². The monoisotopic (exact) mass is 417 g/mol. The van der Waals surface area contributed by atoms with Gasteiger partial charge in [-0.1, -0.05) is 30.3 Å². The van der Waals surface area contributed by atoms with Gasteiger partial charge in [0.15, 0.2) is 0 Å². The number of para-hydroxylation sites is 2. The summed E-state index contributed by atoms with van der Waals surface area (Å²) in [4.78, 5) is 17.6. The zero-order chi connectivity index (χ0) is 21.0. The van der Waals surface area contributed by atoms with Gasteiger partial charge >= 0.3 is 0 Å². The van der Waals surface area contributed by atoms with E-state index in [2.05, 4.69) is 55.6 Å². The Hall–Kier alpha value is -3.32. The van der Waals surface area contributed by atoms with Gasteiger partial charge in [0.25, 0.3) is 5.91 Å². The number of ether oxygens (including phenoxy) is 1. The van der Waals surface area contributed by atoms with Crippen LogP contribution < -0.4 is 15.0 Å². The van der Waals surface area contributed by atoms with Crippen molar-refractivity contribution in [2.24, 2.45) is 0 Å². The largest absolute Gasteiger partial charge is 0.488 e. The highest BCUT2D eigenvalue weighted by Crippen LogP contribution is 2.36. The maximum atomic E-state index is 12.7. The molecule has 0 atom stereocenters. The van der Waals surface area contributed by atoms with Crippen molar-refractivity contribution in [2.45, 2.75) is 13.0 Å². The first-order valence-electron chi connectivity index (χ1n) is 10.9. The molecule has 1 fully saturated rings. The molecule has 2 aliphatic rings. The van der Waals surface area contributed by atoms with Crippen molar-refractivity contribution in [3.05, 3.63) is 65.9 Å². The third-order valence-corrected chi connectivity index (χ3v) is 6.04. The van der Waals surface area contributed by atoms with Gasteiger partial charge in [-0.3, -0.25) is 14.8 Å². The predicted octanol–water partition coefficient (Wildman–Crippen LogP) is 2.91. The molecule has 0 spiro atoms. The summed E-state index contributed by atoms with van der Waals surface area (Å²) in [5.41, 5.74) is 4.36. The van der Waals surface area contributed by atoms with Gasteiger partial charge in [0.05, 0.1) is 0 Å². The van der Waals surface area contributed by atoms with Crippen LogP contribution in [0.3, 0.4) is 0 Å². The lowest BCUT2D eigenvalue weighted by Crippen LogP contribution is -2.47. The van der Waals surface area contributed by atoms with Crippen LogP contribution in [0, 0.1) is 0 Å². The predicted molar refractivity (Wildman–Crippen MR) is 120 cm³/mol. The molecule has 160 valence electrons. The summed E-state index contributed by atoms with van der Waals surface area (Å²) in [6.07, 6.45) is 0.923. The average molecular weight is 418 g/mol. The van der Waals surface area contributed by atoms with Crippen molar-refractivity contribution < 1.29 is 9.53 Å². The Morgan fingerprint density at radius 2 is 1.81 bits per heavy atom. The third-order valence-electron chi connectivity index (χ3n) is 6.04. The summed E-state index contributed by atoms with van der Waals surface area (Å²) < 4.78 is 5.79. The molecule has 7 heteroatoms. The third kappa shape index (κ3) is 4.14. The summed E-state index contributed by atoms with van der Waals surface area (Å²) in [6.45, 7) is 6.16. The first kappa shape index (κ1) is 19.6. The van der Waals surface area contributed by atoms with E-state index in [4.69, 9.17) is 4.74 Å². The number of carbonyl (C=O) groups excluding carboxylic acids is 1. The second-order valence-corrected chi connectivity index (χ2v) is 7.98. The molecule has 2 aromatic carbocycles. The zero-order valence-electron chi connectivity index (χ0n) is 17.5. The summed E-state index contributed by atoms with van der Waals surface area (Å²) in [5, 5.41) is 10.3. The van der Waals surface area contributed by atoms with Crippen molar-refractivity contribution in [3.63, 3.8) is 0 Å². The standard InChI is InChI=1S/C24H27N5O2/c30-24(23-20-17-31-21-10-5-4-9-19(21)22(20)26-27-23)25-11-6-12-28-13-15-29(16-14-28)18-7-2-1-3-8-18/h1-5,7-10H,6,11-17H2,(H,25,30)(H,26,27). The molecule has 2 N–H and O–H groups in total. The van der Waals surface area contributed by atoms with E-state index in [1.807, 2.05) is 24.3 Å². The molecular weight excluding hydrogens is 390 g/mol. The number of H-pyrrole nitrogens is 1. The first-order valence-corrected chi connectivity index (χ1v) is 10.9. The topological polar surface area (TPSA) is 73.5 Å². The number of aromatic amines is 1. The van der Waals surface area contributed by atoms with Gasteiger partial charge in [0.2, 0.25) is 0 Å². The SMILES string of the molecule is O=C(NCCCN1CCN(c2ccccc2)CC1)c1[nH]nc2c1COc1ccccc1-2. The number of amides is 1. The number of piperazine rings is 1. The molecule has 0 bridgehead atoms. The fraction of sp³-hybridized carbons (Fsp3) is 0.333. The van der Waals surface area contributed by atoms with Gasteiger partial charge in [-0.15, -0.1) is 0 Å². The highest BCUT2D eigenvalue weighted by Gasteiger charge is 2.26. The van der Waals surface area contributed by atoms with Crippen LogP contribution in [0.5, 0.6) is 5.75 Å². The van der Waals surface area contributed by atoms with Gasteiger partial charge in [0.1, 0.15) is 23.7 Å². The molecule has 1 aromatic heterocycles. The molecule has 0 unspecified atom stereocenters. The molecule has 7 nitrogen and oxygen atoms in total. The maximum absolute atomic E-state index is 12.7. The smallest absolute Gasteiger partial charge is 0.269 e. The molecule has 0 saturated carbocycles. The number of nitrogens with zero attached hydrogens (tertiary/aromatic N) is 3. The van der Waals surface area contributed by atoms with E-state index in [1.165, 1.54) is 5.69 Å². The molecule has 3 heterocycles. The van der Waals surface area contributed by atoms with Crippen LogP contribution in [0.2, 0.25) is 0 Å². The van der Waals surface area contributed by atoms with E-state index in [-0.39, 0.29) is 5.91 Å². The number of aromatic nitrogens is 2. The van der Waals surface area contributed by atoms with Crippen LogP contribution in [0.15, 0.2) is 54.6 Å². The van der Waals surface area contributed by atoms with Crippen LogP contribution in [-0.4, -0.2) is 60.3 Å². The van der Waals surface area contributed by atoms with E-state index in [0.717, 1.165) is 61.7 Å². The molecule has 0 radical (unpaired) electrons. The van der Waals surface area contributed by atoms with Gasteiger partial charge in [0, 0.05) is 49.5 Å². The van der Waals surface area contributed by atoms with Crippen molar-refractivity contribution in [3.8, 4) is 17.0 Å². The number of nitrogens with one attached hydrogen (secondary N) is 2. The molecule has 31 heavy (non-hydrogen) atoms. The maximum Gasteiger partial charge on any atom is 0.269 e. The summed E-state index contributed by atoms with van der Waals surface area (Å²) in [5.74, 6) is 0.687. The van der Waals surface area contributed by atoms with Crippen LogP contribution in [-0.2, 0) is 6.61 Å². The first-order chi connectivity index (χ1) is 15.3. The minimum atomic E-state index is -0.120. The number of hydrogen-bond donors (Lipinski definition) is 2. The summed E-state index contributed by atoms with van der Waals surface area (Å²) >= 11 is 0. The Morgan fingerprint density at radius 3 is 2.65 bits per heavy atom. The number of benzene rings is 2. The van der Waals surface area contributed by atoms with E-state index in [9.17, 15) is 4.79 Å². The van der Waals surface area contributed by atoms with Gasteiger partial charge in [-0.2, -0.15) is 5.10 Å². The highest BCUT2D eigenvalue weighted by atomic mass is 16.5. The summed E-state index contributed by atoms with van der Waals surface area (Å²) in [7, 11) is 0. The van der Waals surface area contributed by atoms with E-state index >= 15 is 0 Å². The second kappa shape index (κ2) is 8.81. The van der Waals surface area contributed by atoms with E-state index in [1.54, 1.807) is 0 Å². The number of fused-ring (bicyclic) bond motifs is 3. The fourth-order valence-corrected chi connectivity index (χ4v) is 4.32. The number of anilines is 1. The molecule has 2 aliphatic heterocycles. The average Bonchev–Trinajstić information content (AvgIpc) is 3.28. The minimum absolute atomic E-state index is 0.120. The van der Waals surface area contributed by atoms with E-state index in [0.29, 0.717) is 18.8 Å². The van der Waals surface area contributed by atoms with E-state index < -0.39 is 0 Å².